The third-order valence-electron chi connectivity index (χ3n) is 3.30. The van der Waals surface area contributed by atoms with Gasteiger partial charge in [0.1, 0.15) is 0 Å². The van der Waals surface area contributed by atoms with Crippen LogP contribution in [0.4, 0.5) is 11.4 Å². The van der Waals surface area contributed by atoms with Crippen molar-refractivity contribution in [2.75, 3.05) is 23.3 Å². The Labute approximate surface area is 142 Å². The van der Waals surface area contributed by atoms with E-state index < -0.39 is 0 Å². The monoisotopic (exact) mass is 325 g/mol. The lowest BCUT2D eigenvalue weighted by Crippen LogP contribution is -2.43. The molecule has 0 fully saturated rings. The van der Waals surface area contributed by atoms with E-state index in [1.807, 2.05) is 74.5 Å². The minimum atomic E-state index is -0.164. The number of nitrogens with one attached hydrogen (secondary N) is 2. The number of carbonyl (C=O) groups excluding carboxylic acids is 2. The molecule has 0 aromatic heterocycles. The number of hydrogen-bond donors (Lipinski definition) is 2. The van der Waals surface area contributed by atoms with Crippen molar-refractivity contribution in [1.82, 2.24) is 5.32 Å². The van der Waals surface area contributed by atoms with Gasteiger partial charge < -0.3 is 15.5 Å². The molecule has 2 amide bonds. The highest BCUT2D eigenvalue weighted by molar-refractivity contribution is 5.95. The molecule has 5 nitrogen and oxygen atoms in total. The highest BCUT2D eigenvalue weighted by Crippen LogP contribution is 2.13. The first-order valence-electron chi connectivity index (χ1n) is 7.99. The summed E-state index contributed by atoms with van der Waals surface area (Å²) >= 11 is 0. The molecule has 2 N–H and O–H groups in total. The summed E-state index contributed by atoms with van der Waals surface area (Å²) in [6, 6.07) is 18.8. The Hall–Kier alpha value is -2.82. The minimum Gasteiger partial charge on any atom is -0.353 e. The van der Waals surface area contributed by atoms with Crippen LogP contribution in [0.3, 0.4) is 0 Å². The lowest BCUT2D eigenvalue weighted by molar-refractivity contribution is -0.120. The van der Waals surface area contributed by atoms with Gasteiger partial charge in [0.2, 0.25) is 11.8 Å². The molecular formula is C19H23N3O2. The zero-order valence-electron chi connectivity index (χ0n) is 14.0. The molecule has 0 aliphatic carbocycles. The SMILES string of the molecule is CC(C)NC(=O)CN(CC(=O)Nc1ccccc1)c1ccccc1. The maximum absolute atomic E-state index is 12.3. The number of carbonyl (C=O) groups is 2. The van der Waals surface area contributed by atoms with E-state index in [0.29, 0.717) is 0 Å². The van der Waals surface area contributed by atoms with E-state index in [1.54, 1.807) is 4.90 Å². The van der Waals surface area contributed by atoms with Gasteiger partial charge >= 0.3 is 0 Å². The van der Waals surface area contributed by atoms with Gasteiger partial charge in [0.25, 0.3) is 0 Å². The summed E-state index contributed by atoms with van der Waals surface area (Å²) in [6.07, 6.45) is 0. The minimum absolute atomic E-state index is 0.0632. The van der Waals surface area contributed by atoms with Crippen LogP contribution in [0, 0.1) is 0 Å². The number of rotatable bonds is 7. The van der Waals surface area contributed by atoms with Crippen LogP contribution in [-0.2, 0) is 9.59 Å². The van der Waals surface area contributed by atoms with Crippen LogP contribution in [0.1, 0.15) is 13.8 Å². The van der Waals surface area contributed by atoms with E-state index in [4.69, 9.17) is 0 Å². The number of nitrogens with zero attached hydrogens (tertiary/aromatic N) is 1. The molecule has 0 spiro atoms. The lowest BCUT2D eigenvalue weighted by Gasteiger charge is -2.24. The normalized spacial score (nSPS) is 10.3. The van der Waals surface area contributed by atoms with Crippen LogP contribution in [0.15, 0.2) is 60.7 Å². The first-order chi connectivity index (χ1) is 11.5. The predicted octanol–water partition coefficient (Wildman–Crippen LogP) is 2.66. The topological polar surface area (TPSA) is 61.4 Å². The highest BCUT2D eigenvalue weighted by atomic mass is 16.2. The van der Waals surface area contributed by atoms with Crippen molar-refractivity contribution >= 4 is 23.2 Å². The fraction of sp³-hybridized carbons (Fsp3) is 0.263. The van der Waals surface area contributed by atoms with Crippen LogP contribution in [-0.4, -0.2) is 30.9 Å². The number of para-hydroxylation sites is 2. The van der Waals surface area contributed by atoms with Gasteiger partial charge in [-0.05, 0) is 38.1 Å². The number of benzene rings is 2. The molecule has 2 aromatic carbocycles. The molecule has 0 bridgehead atoms. The number of hydrogen-bond acceptors (Lipinski definition) is 3. The molecule has 2 rings (SSSR count). The van der Waals surface area contributed by atoms with Crippen molar-refractivity contribution in [2.45, 2.75) is 19.9 Å². The first-order valence-corrected chi connectivity index (χ1v) is 7.99. The van der Waals surface area contributed by atoms with Crippen molar-refractivity contribution < 1.29 is 9.59 Å². The van der Waals surface area contributed by atoms with Gasteiger partial charge in [0.05, 0.1) is 13.1 Å². The Morgan fingerprint density at radius 3 is 2.00 bits per heavy atom. The van der Waals surface area contributed by atoms with Crippen molar-refractivity contribution in [3.8, 4) is 0 Å². The summed E-state index contributed by atoms with van der Waals surface area (Å²) < 4.78 is 0. The molecule has 24 heavy (non-hydrogen) atoms. The van der Waals surface area contributed by atoms with Gasteiger partial charge in [0.15, 0.2) is 0 Å². The Morgan fingerprint density at radius 1 is 0.875 bits per heavy atom. The average Bonchev–Trinajstić information content (AvgIpc) is 2.55. The van der Waals surface area contributed by atoms with E-state index in [1.165, 1.54) is 0 Å². The largest absolute Gasteiger partial charge is 0.353 e. The summed E-state index contributed by atoms with van der Waals surface area (Å²) in [4.78, 5) is 26.2. The molecular weight excluding hydrogens is 302 g/mol. The van der Waals surface area contributed by atoms with Crippen LogP contribution in [0.2, 0.25) is 0 Å². The second-order valence-electron chi connectivity index (χ2n) is 5.83. The molecule has 0 radical (unpaired) electrons. The van der Waals surface area contributed by atoms with E-state index in [-0.39, 0.29) is 30.9 Å². The molecule has 0 saturated heterocycles. The number of amides is 2. The fourth-order valence-corrected chi connectivity index (χ4v) is 2.31. The molecule has 0 atom stereocenters. The summed E-state index contributed by atoms with van der Waals surface area (Å²) in [7, 11) is 0. The third kappa shape index (κ3) is 5.76. The molecule has 0 heterocycles. The first kappa shape index (κ1) is 17.5. The van der Waals surface area contributed by atoms with Gasteiger partial charge in [-0.15, -0.1) is 0 Å². The molecule has 126 valence electrons. The lowest BCUT2D eigenvalue weighted by atomic mass is 10.2. The van der Waals surface area contributed by atoms with Crippen LogP contribution in [0.5, 0.6) is 0 Å². The number of anilines is 2. The molecule has 5 heteroatoms. The van der Waals surface area contributed by atoms with E-state index in [9.17, 15) is 9.59 Å². The molecule has 0 aliphatic rings. The Bertz CT molecular complexity index is 657. The van der Waals surface area contributed by atoms with Crippen LogP contribution < -0.4 is 15.5 Å². The zero-order chi connectivity index (χ0) is 17.4. The fourth-order valence-electron chi connectivity index (χ4n) is 2.31. The van der Waals surface area contributed by atoms with Crippen LogP contribution in [0.25, 0.3) is 0 Å². The second-order valence-corrected chi connectivity index (χ2v) is 5.83. The predicted molar refractivity (Wildman–Crippen MR) is 97.0 cm³/mol. The second kappa shape index (κ2) is 8.72. The quantitative estimate of drug-likeness (QED) is 0.823. The molecule has 0 aliphatic heterocycles. The van der Waals surface area contributed by atoms with Gasteiger partial charge in [-0.25, -0.2) is 0 Å². The summed E-state index contributed by atoms with van der Waals surface area (Å²) in [5.41, 5.74) is 1.57. The van der Waals surface area contributed by atoms with Crippen molar-refractivity contribution in [3.63, 3.8) is 0 Å². The van der Waals surface area contributed by atoms with Gasteiger partial charge in [-0.1, -0.05) is 36.4 Å². The average molecular weight is 325 g/mol. The standard InChI is InChI=1S/C19H23N3O2/c1-15(2)20-18(23)13-22(17-11-7-4-8-12-17)14-19(24)21-16-9-5-3-6-10-16/h3-12,15H,13-14H2,1-2H3,(H,20,23)(H,21,24). The van der Waals surface area contributed by atoms with Gasteiger partial charge in [-0.3, -0.25) is 9.59 Å². The van der Waals surface area contributed by atoms with Crippen molar-refractivity contribution in [2.24, 2.45) is 0 Å². The summed E-state index contributed by atoms with van der Waals surface area (Å²) in [5, 5.41) is 5.70. The van der Waals surface area contributed by atoms with Crippen molar-refractivity contribution in [1.29, 1.82) is 0 Å². The molecule has 0 saturated carbocycles. The maximum atomic E-state index is 12.3. The highest BCUT2D eigenvalue weighted by Gasteiger charge is 2.16. The third-order valence-corrected chi connectivity index (χ3v) is 3.30. The van der Waals surface area contributed by atoms with Gasteiger partial charge in [-0.2, -0.15) is 0 Å². The van der Waals surface area contributed by atoms with Crippen molar-refractivity contribution in [3.05, 3.63) is 60.7 Å². The van der Waals surface area contributed by atoms with Crippen LogP contribution >= 0.6 is 0 Å². The Balaban J connectivity index is 2.05. The smallest absolute Gasteiger partial charge is 0.243 e. The Morgan fingerprint density at radius 2 is 1.42 bits per heavy atom. The van der Waals surface area contributed by atoms with E-state index >= 15 is 0 Å². The van der Waals surface area contributed by atoms with E-state index in [2.05, 4.69) is 10.6 Å². The molecule has 0 unspecified atom stereocenters. The molecule has 2 aromatic rings. The summed E-state index contributed by atoms with van der Waals surface area (Å²) in [5.74, 6) is -0.274. The summed E-state index contributed by atoms with van der Waals surface area (Å²) in [6.45, 7) is 4.05. The van der Waals surface area contributed by atoms with E-state index in [0.717, 1.165) is 11.4 Å². The maximum Gasteiger partial charge on any atom is 0.243 e. The van der Waals surface area contributed by atoms with Gasteiger partial charge in [0, 0.05) is 17.4 Å². The zero-order valence-corrected chi connectivity index (χ0v) is 14.0. The Kier molecular flexibility index (Phi) is 6.37.